The zero-order chi connectivity index (χ0) is 55.7. The number of hydrogen-bond acceptors (Lipinski definition) is 6. The number of allylic oxidation sites excluding steroid dienone is 16. The quantitative estimate of drug-likeness (QED) is 0.0261. The molecule has 0 aromatic rings. The maximum atomic E-state index is 12.9. The highest BCUT2D eigenvalue weighted by molar-refractivity contribution is 5.71. The molecule has 0 radical (unpaired) electrons. The summed E-state index contributed by atoms with van der Waals surface area (Å²) in [5.41, 5.74) is 0. The lowest BCUT2D eigenvalue weighted by Crippen LogP contribution is -2.30. The van der Waals surface area contributed by atoms with E-state index in [1.54, 1.807) is 0 Å². The molecular formula is C71H122O6. The second-order valence-electron chi connectivity index (χ2n) is 21.6. The van der Waals surface area contributed by atoms with Gasteiger partial charge in [0.2, 0.25) is 0 Å². The van der Waals surface area contributed by atoms with Gasteiger partial charge in [-0.15, -0.1) is 0 Å². The summed E-state index contributed by atoms with van der Waals surface area (Å²) in [5, 5.41) is 0. The molecule has 0 aliphatic heterocycles. The van der Waals surface area contributed by atoms with Crippen LogP contribution < -0.4 is 0 Å². The van der Waals surface area contributed by atoms with Crippen LogP contribution in [0, 0.1) is 0 Å². The van der Waals surface area contributed by atoms with Gasteiger partial charge in [0, 0.05) is 19.3 Å². The zero-order valence-electron chi connectivity index (χ0n) is 50.7. The van der Waals surface area contributed by atoms with Gasteiger partial charge in [0.05, 0.1) is 0 Å². The predicted molar refractivity (Wildman–Crippen MR) is 334 cm³/mol. The molecule has 0 heterocycles. The van der Waals surface area contributed by atoms with E-state index >= 15 is 0 Å². The summed E-state index contributed by atoms with van der Waals surface area (Å²) in [7, 11) is 0. The van der Waals surface area contributed by atoms with Gasteiger partial charge in [0.25, 0.3) is 0 Å². The molecule has 0 fully saturated rings. The maximum Gasteiger partial charge on any atom is 0.306 e. The van der Waals surface area contributed by atoms with Gasteiger partial charge < -0.3 is 14.2 Å². The van der Waals surface area contributed by atoms with Crippen molar-refractivity contribution in [1.82, 2.24) is 0 Å². The van der Waals surface area contributed by atoms with Gasteiger partial charge in [-0.05, 0) is 122 Å². The van der Waals surface area contributed by atoms with Gasteiger partial charge in [0.15, 0.2) is 6.10 Å². The minimum Gasteiger partial charge on any atom is -0.462 e. The Morgan fingerprint density at radius 2 is 0.506 bits per heavy atom. The monoisotopic (exact) mass is 1070 g/mol. The Labute approximate surface area is 477 Å². The highest BCUT2D eigenvalue weighted by Gasteiger charge is 2.19. The average Bonchev–Trinajstić information content (AvgIpc) is 3.43. The minimum absolute atomic E-state index is 0.0961. The Morgan fingerprint density at radius 3 is 0.831 bits per heavy atom. The SMILES string of the molecule is CC/C=C\C/C=C\C/C=C\C/C=C\CCCCC(=O)OC(COC(=O)CCCCCCC/C=C\CCCCCCCC)COC(=O)CCCCCCCCCCCCCCCC/C=C\C/C=C\C/C=C\CCCCCCC. The molecule has 0 rings (SSSR count). The van der Waals surface area contributed by atoms with Gasteiger partial charge in [-0.1, -0.05) is 272 Å². The molecule has 1 unspecified atom stereocenters. The van der Waals surface area contributed by atoms with E-state index in [9.17, 15) is 14.4 Å². The molecule has 0 bridgehead atoms. The Morgan fingerprint density at radius 1 is 0.273 bits per heavy atom. The smallest absolute Gasteiger partial charge is 0.306 e. The predicted octanol–water partition coefficient (Wildman–Crippen LogP) is 22.4. The molecule has 0 aromatic carbocycles. The van der Waals surface area contributed by atoms with Gasteiger partial charge in [-0.25, -0.2) is 0 Å². The van der Waals surface area contributed by atoms with Crippen LogP contribution in [0.25, 0.3) is 0 Å². The molecule has 0 saturated carbocycles. The fraction of sp³-hybridized carbons (Fsp3) is 0.732. The van der Waals surface area contributed by atoms with Crippen molar-refractivity contribution in [3.8, 4) is 0 Å². The lowest BCUT2D eigenvalue weighted by Gasteiger charge is -2.18. The fourth-order valence-electron chi connectivity index (χ4n) is 9.14. The number of carbonyl (C=O) groups excluding carboxylic acids is 3. The van der Waals surface area contributed by atoms with E-state index in [0.717, 1.165) is 96.3 Å². The van der Waals surface area contributed by atoms with Crippen molar-refractivity contribution in [2.45, 2.75) is 322 Å². The van der Waals surface area contributed by atoms with Crippen LogP contribution in [-0.2, 0) is 28.6 Å². The highest BCUT2D eigenvalue weighted by atomic mass is 16.6. The van der Waals surface area contributed by atoms with Crippen LogP contribution in [0.3, 0.4) is 0 Å². The van der Waals surface area contributed by atoms with Crippen LogP contribution >= 0.6 is 0 Å². The van der Waals surface area contributed by atoms with E-state index in [-0.39, 0.29) is 37.5 Å². The van der Waals surface area contributed by atoms with Gasteiger partial charge >= 0.3 is 17.9 Å². The van der Waals surface area contributed by atoms with E-state index < -0.39 is 6.10 Å². The summed E-state index contributed by atoms with van der Waals surface area (Å²) < 4.78 is 16.9. The molecule has 442 valence electrons. The molecule has 0 aromatic heterocycles. The van der Waals surface area contributed by atoms with Crippen LogP contribution in [0.2, 0.25) is 0 Å². The molecule has 6 nitrogen and oxygen atoms in total. The van der Waals surface area contributed by atoms with Gasteiger partial charge in [-0.2, -0.15) is 0 Å². The molecule has 0 aliphatic rings. The largest absolute Gasteiger partial charge is 0.462 e. The summed E-state index contributed by atoms with van der Waals surface area (Å²) in [6.07, 6.45) is 87.1. The van der Waals surface area contributed by atoms with Gasteiger partial charge in [-0.3, -0.25) is 14.4 Å². The molecule has 0 amide bonds. The Balaban J connectivity index is 4.28. The number of rotatable bonds is 59. The third-order valence-electron chi connectivity index (χ3n) is 14.0. The third kappa shape index (κ3) is 63.0. The van der Waals surface area contributed by atoms with Crippen molar-refractivity contribution in [3.63, 3.8) is 0 Å². The molecule has 1 atom stereocenters. The van der Waals surface area contributed by atoms with Crippen LogP contribution in [0.4, 0.5) is 0 Å². The summed E-state index contributed by atoms with van der Waals surface area (Å²) in [4.78, 5) is 38.3. The topological polar surface area (TPSA) is 78.9 Å². The standard InChI is InChI=1S/C71H122O6/c1-4-7-10-13-16-19-22-25-28-29-30-31-32-33-34-35-36-37-38-39-40-41-44-46-49-52-55-58-61-64-70(73)76-67-68(77-71(74)65-62-59-56-53-50-47-43-27-24-21-18-15-12-9-6-3)66-75-69(72)63-60-57-54-51-48-45-42-26-23-20-17-14-11-8-5-2/h9,12,18,21-22,25-27,29-30,32-33,42-43,50,53,68H,4-8,10-11,13-17,19-20,23-24,28,31,34-41,44-49,51-52,54-67H2,1-3H3/b12-9-,21-18-,25-22-,30-29-,33-32-,42-26-,43-27-,53-50-. The number of unbranched alkanes of at least 4 members (excludes halogenated alkanes) is 32. The fourth-order valence-corrected chi connectivity index (χ4v) is 9.14. The summed E-state index contributed by atoms with van der Waals surface area (Å²) in [6.45, 7) is 6.49. The summed E-state index contributed by atoms with van der Waals surface area (Å²) in [6, 6.07) is 0. The number of esters is 3. The molecular weight excluding hydrogens is 949 g/mol. The first kappa shape index (κ1) is 73.3. The van der Waals surface area contributed by atoms with Crippen LogP contribution in [0.5, 0.6) is 0 Å². The first-order chi connectivity index (χ1) is 38.0. The first-order valence-corrected chi connectivity index (χ1v) is 32.7. The minimum atomic E-state index is -0.804. The van der Waals surface area contributed by atoms with E-state index in [1.165, 1.54) is 173 Å². The van der Waals surface area contributed by atoms with Gasteiger partial charge in [0.1, 0.15) is 13.2 Å². The van der Waals surface area contributed by atoms with E-state index in [1.807, 2.05) is 0 Å². The number of ether oxygens (including phenoxy) is 3. The molecule has 0 saturated heterocycles. The lowest BCUT2D eigenvalue weighted by molar-refractivity contribution is -0.167. The molecule has 77 heavy (non-hydrogen) atoms. The lowest BCUT2D eigenvalue weighted by atomic mass is 10.0. The molecule has 0 spiro atoms. The Hall–Kier alpha value is -3.67. The normalized spacial score (nSPS) is 12.7. The number of hydrogen-bond donors (Lipinski definition) is 0. The second kappa shape index (κ2) is 64.9. The van der Waals surface area contributed by atoms with Crippen molar-refractivity contribution in [1.29, 1.82) is 0 Å². The van der Waals surface area contributed by atoms with Crippen molar-refractivity contribution in [3.05, 3.63) is 97.2 Å². The average molecular weight is 1070 g/mol. The van der Waals surface area contributed by atoms with Crippen molar-refractivity contribution < 1.29 is 28.6 Å². The number of carbonyl (C=O) groups is 3. The first-order valence-electron chi connectivity index (χ1n) is 32.7. The molecule has 6 heteroatoms. The Kier molecular flexibility index (Phi) is 61.8. The van der Waals surface area contributed by atoms with Crippen molar-refractivity contribution >= 4 is 17.9 Å². The van der Waals surface area contributed by atoms with Crippen molar-refractivity contribution in [2.75, 3.05) is 13.2 Å². The molecule has 0 N–H and O–H groups in total. The van der Waals surface area contributed by atoms with Crippen LogP contribution in [0.1, 0.15) is 316 Å². The molecule has 0 aliphatic carbocycles. The van der Waals surface area contributed by atoms with Crippen LogP contribution in [0.15, 0.2) is 97.2 Å². The van der Waals surface area contributed by atoms with E-state index in [2.05, 4.69) is 118 Å². The zero-order valence-corrected chi connectivity index (χ0v) is 50.7. The van der Waals surface area contributed by atoms with E-state index in [0.29, 0.717) is 19.3 Å². The summed E-state index contributed by atoms with van der Waals surface area (Å²) in [5.74, 6) is -0.938. The van der Waals surface area contributed by atoms with Crippen LogP contribution in [-0.4, -0.2) is 37.2 Å². The van der Waals surface area contributed by atoms with E-state index in [4.69, 9.17) is 14.2 Å². The maximum absolute atomic E-state index is 12.9. The third-order valence-corrected chi connectivity index (χ3v) is 14.0. The van der Waals surface area contributed by atoms with Crippen molar-refractivity contribution in [2.24, 2.45) is 0 Å². The Bertz CT molecular complexity index is 1510. The highest BCUT2D eigenvalue weighted by Crippen LogP contribution is 2.16. The second-order valence-corrected chi connectivity index (χ2v) is 21.6. The summed E-state index contributed by atoms with van der Waals surface area (Å²) >= 11 is 0.